The predicted octanol–water partition coefficient (Wildman–Crippen LogP) is 3.48. The van der Waals surface area contributed by atoms with E-state index in [9.17, 15) is 18.7 Å². The number of hydrogen-bond acceptors (Lipinski definition) is 3. The van der Waals surface area contributed by atoms with Crippen LogP contribution in [0.1, 0.15) is 37.5 Å². The summed E-state index contributed by atoms with van der Waals surface area (Å²) in [6.07, 6.45) is -0.225. The van der Waals surface area contributed by atoms with Gasteiger partial charge in [-0.3, -0.25) is 4.79 Å². The molecule has 0 saturated heterocycles. The second-order valence-electron chi connectivity index (χ2n) is 7.62. The molecule has 2 atom stereocenters. The minimum Gasteiger partial charge on any atom is -0.391 e. The Morgan fingerprint density at radius 1 is 1.14 bits per heavy atom. The molecule has 0 heterocycles. The molecule has 0 aliphatic rings. The lowest BCUT2D eigenvalue weighted by molar-refractivity contribution is -0.125. The van der Waals surface area contributed by atoms with Crippen molar-refractivity contribution in [2.75, 3.05) is 6.54 Å². The minimum atomic E-state index is -1.10. The van der Waals surface area contributed by atoms with E-state index in [1.807, 2.05) is 26.0 Å². The maximum atomic E-state index is 13.4. The monoisotopic (exact) mass is 426 g/mol. The summed E-state index contributed by atoms with van der Waals surface area (Å²) in [6, 6.07) is 11.2. The third kappa shape index (κ3) is 7.07. The lowest BCUT2D eigenvalue weighted by Gasteiger charge is -2.30. The molecule has 4 N–H and O–H groups in total. The number of halogens is 3. The van der Waals surface area contributed by atoms with Gasteiger partial charge in [0.15, 0.2) is 0 Å². The van der Waals surface area contributed by atoms with Crippen LogP contribution in [-0.4, -0.2) is 23.7 Å². The lowest BCUT2D eigenvalue weighted by Crippen LogP contribution is -2.46. The van der Waals surface area contributed by atoms with Crippen molar-refractivity contribution >= 4 is 18.3 Å². The normalized spacial score (nSPS) is 13.4. The Morgan fingerprint density at radius 2 is 1.76 bits per heavy atom. The first-order chi connectivity index (χ1) is 13.1. The summed E-state index contributed by atoms with van der Waals surface area (Å²) >= 11 is 0. The molecule has 2 unspecified atom stereocenters. The smallest absolute Gasteiger partial charge is 0.223 e. The van der Waals surface area contributed by atoms with Gasteiger partial charge in [0.05, 0.1) is 12.0 Å². The molecule has 0 saturated carbocycles. The number of amides is 1. The lowest BCUT2D eigenvalue weighted by atomic mass is 9.90. The van der Waals surface area contributed by atoms with Crippen LogP contribution in [0.25, 0.3) is 0 Å². The van der Waals surface area contributed by atoms with E-state index in [1.165, 1.54) is 5.56 Å². The molecule has 0 aliphatic heterocycles. The maximum Gasteiger partial charge on any atom is 0.223 e. The van der Waals surface area contributed by atoms with E-state index in [0.29, 0.717) is 0 Å². The first-order valence-corrected chi connectivity index (χ1v) is 9.39. The molecular weight excluding hydrogens is 398 g/mol. The Bertz CT molecular complexity index is 810. The molecule has 4 nitrogen and oxygen atoms in total. The highest BCUT2D eigenvalue weighted by molar-refractivity contribution is 5.85. The number of primary amides is 1. The Labute approximate surface area is 176 Å². The highest BCUT2D eigenvalue weighted by Crippen LogP contribution is 2.22. The van der Waals surface area contributed by atoms with Crippen molar-refractivity contribution in [3.05, 3.63) is 70.8 Å². The van der Waals surface area contributed by atoms with Gasteiger partial charge >= 0.3 is 0 Å². The number of aryl methyl sites for hydroxylation is 1. The van der Waals surface area contributed by atoms with Gasteiger partial charge in [-0.25, -0.2) is 8.78 Å². The van der Waals surface area contributed by atoms with Gasteiger partial charge in [0.1, 0.15) is 11.6 Å². The van der Waals surface area contributed by atoms with Crippen LogP contribution < -0.4 is 11.1 Å². The van der Waals surface area contributed by atoms with Gasteiger partial charge in [-0.2, -0.15) is 0 Å². The van der Waals surface area contributed by atoms with Gasteiger partial charge < -0.3 is 16.2 Å². The molecule has 0 fully saturated rings. The van der Waals surface area contributed by atoms with Gasteiger partial charge in [-0.15, -0.1) is 12.4 Å². The van der Waals surface area contributed by atoms with Crippen LogP contribution in [0.3, 0.4) is 0 Å². The van der Waals surface area contributed by atoms with Gasteiger partial charge in [-0.05, 0) is 55.5 Å². The molecule has 0 bridgehead atoms. The zero-order chi connectivity index (χ0) is 20.9. The topological polar surface area (TPSA) is 75.3 Å². The number of nitrogens with one attached hydrogen (secondary N) is 1. The molecule has 1 amide bonds. The van der Waals surface area contributed by atoms with Crippen molar-refractivity contribution in [2.45, 2.75) is 45.3 Å². The Balaban J connectivity index is 0.00000420. The van der Waals surface area contributed by atoms with E-state index in [1.54, 1.807) is 0 Å². The molecule has 7 heteroatoms. The average molecular weight is 427 g/mol. The number of rotatable bonds is 9. The number of aliphatic hydroxyl groups excluding tert-OH is 1. The average Bonchev–Trinajstić information content (AvgIpc) is 2.63. The molecule has 0 aliphatic carbocycles. The number of nitrogens with two attached hydrogens (primary N) is 1. The SMILES string of the molecule is CCc1cccc(C(C)(C)NCC(O)C(Cc2cc(F)cc(F)c2)C(N)=O)c1.Cl. The van der Waals surface area contributed by atoms with Gasteiger partial charge in [-0.1, -0.05) is 31.2 Å². The number of benzene rings is 2. The van der Waals surface area contributed by atoms with Crippen LogP contribution in [0, 0.1) is 17.6 Å². The van der Waals surface area contributed by atoms with Gasteiger partial charge in [0.2, 0.25) is 5.91 Å². The molecule has 160 valence electrons. The molecule has 0 radical (unpaired) electrons. The van der Waals surface area contributed by atoms with Crippen molar-refractivity contribution in [1.82, 2.24) is 5.32 Å². The van der Waals surface area contributed by atoms with Crippen LogP contribution in [0.2, 0.25) is 0 Å². The fourth-order valence-electron chi connectivity index (χ4n) is 3.19. The summed E-state index contributed by atoms with van der Waals surface area (Å²) in [4.78, 5) is 11.8. The summed E-state index contributed by atoms with van der Waals surface area (Å²) in [5.74, 6) is -3.15. The Hall–Kier alpha value is -2.02. The third-order valence-electron chi connectivity index (χ3n) is 5.02. The van der Waals surface area contributed by atoms with E-state index in [4.69, 9.17) is 5.73 Å². The summed E-state index contributed by atoms with van der Waals surface area (Å²) in [5.41, 5.74) is 7.53. The van der Waals surface area contributed by atoms with Crippen LogP contribution >= 0.6 is 12.4 Å². The summed E-state index contributed by atoms with van der Waals surface area (Å²) in [5, 5.41) is 13.8. The zero-order valence-corrected chi connectivity index (χ0v) is 17.7. The zero-order valence-electron chi connectivity index (χ0n) is 16.9. The summed E-state index contributed by atoms with van der Waals surface area (Å²) in [6.45, 7) is 6.15. The van der Waals surface area contributed by atoms with E-state index in [0.717, 1.165) is 30.2 Å². The third-order valence-corrected chi connectivity index (χ3v) is 5.02. The molecule has 0 aromatic heterocycles. The summed E-state index contributed by atoms with van der Waals surface area (Å²) in [7, 11) is 0. The fourth-order valence-corrected chi connectivity index (χ4v) is 3.19. The second kappa shape index (κ2) is 10.7. The molecule has 29 heavy (non-hydrogen) atoms. The number of carbonyl (C=O) groups is 1. The Morgan fingerprint density at radius 3 is 2.31 bits per heavy atom. The first-order valence-electron chi connectivity index (χ1n) is 9.39. The predicted molar refractivity (Wildman–Crippen MR) is 113 cm³/mol. The Kier molecular flexibility index (Phi) is 9.20. The molecular formula is C22H29ClF2N2O2. The highest BCUT2D eigenvalue weighted by Gasteiger charge is 2.28. The number of aliphatic hydroxyl groups is 1. The largest absolute Gasteiger partial charge is 0.391 e. The van der Waals surface area contributed by atoms with Gasteiger partial charge in [0, 0.05) is 18.2 Å². The van der Waals surface area contributed by atoms with E-state index in [2.05, 4.69) is 24.4 Å². The van der Waals surface area contributed by atoms with Crippen molar-refractivity contribution in [1.29, 1.82) is 0 Å². The van der Waals surface area contributed by atoms with Crippen molar-refractivity contribution < 1.29 is 18.7 Å². The summed E-state index contributed by atoms with van der Waals surface area (Å²) < 4.78 is 26.8. The molecule has 0 spiro atoms. The highest BCUT2D eigenvalue weighted by atomic mass is 35.5. The van der Waals surface area contributed by atoms with Crippen molar-refractivity contribution in [3.8, 4) is 0 Å². The quantitative estimate of drug-likeness (QED) is 0.574. The molecule has 2 aromatic carbocycles. The fraction of sp³-hybridized carbons (Fsp3) is 0.409. The van der Waals surface area contributed by atoms with Crippen LogP contribution in [0.15, 0.2) is 42.5 Å². The molecule has 2 aromatic rings. The van der Waals surface area contributed by atoms with Crippen LogP contribution in [-0.2, 0) is 23.2 Å². The standard InChI is InChI=1S/C22H28F2N2O2.ClH/c1-4-14-6-5-7-16(8-14)22(2,3)26-13-20(27)19(21(25)28)11-15-9-17(23)12-18(24)10-15;/h5-10,12,19-20,26-27H,4,11,13H2,1-3H3,(H2,25,28);1H. The number of carbonyl (C=O) groups excluding carboxylic acids is 1. The second-order valence-corrected chi connectivity index (χ2v) is 7.62. The van der Waals surface area contributed by atoms with Crippen LogP contribution in [0.4, 0.5) is 8.78 Å². The van der Waals surface area contributed by atoms with Crippen molar-refractivity contribution in [3.63, 3.8) is 0 Å². The van der Waals surface area contributed by atoms with E-state index in [-0.39, 0.29) is 30.9 Å². The van der Waals surface area contributed by atoms with Gasteiger partial charge in [0.25, 0.3) is 0 Å². The van der Waals surface area contributed by atoms with E-state index >= 15 is 0 Å². The van der Waals surface area contributed by atoms with E-state index < -0.39 is 35.1 Å². The maximum absolute atomic E-state index is 13.4. The number of hydrogen-bond donors (Lipinski definition) is 3. The minimum absolute atomic E-state index is 0. The first kappa shape index (κ1) is 25.0. The van der Waals surface area contributed by atoms with Crippen LogP contribution in [0.5, 0.6) is 0 Å². The van der Waals surface area contributed by atoms with Crippen molar-refractivity contribution in [2.24, 2.45) is 11.7 Å². The molecule has 2 rings (SSSR count).